The van der Waals surface area contributed by atoms with Crippen LogP contribution in [0.5, 0.6) is 0 Å². The number of carbonyl (C=O) groups excluding carboxylic acids is 1. The molecule has 7 heteroatoms. The number of aromatic nitrogens is 2. The molecule has 0 aliphatic heterocycles. The summed E-state index contributed by atoms with van der Waals surface area (Å²) in [6, 6.07) is 8.34. The average molecular weight is 408 g/mol. The lowest BCUT2D eigenvalue weighted by molar-refractivity contribution is -0.119. The number of benzene rings is 1. The van der Waals surface area contributed by atoms with Crippen LogP contribution in [0.15, 0.2) is 28.6 Å². The summed E-state index contributed by atoms with van der Waals surface area (Å²) in [4.78, 5) is 12.4. The molecule has 1 fully saturated rings. The van der Waals surface area contributed by atoms with E-state index in [0.29, 0.717) is 27.6 Å². The van der Waals surface area contributed by atoms with Gasteiger partial charge in [0.2, 0.25) is 5.91 Å². The van der Waals surface area contributed by atoms with Crippen molar-refractivity contribution in [3.8, 4) is 5.69 Å². The van der Waals surface area contributed by atoms with E-state index in [1.165, 1.54) is 35.9 Å². The zero-order valence-corrected chi connectivity index (χ0v) is 17.8. The highest BCUT2D eigenvalue weighted by Crippen LogP contribution is 2.30. The maximum absolute atomic E-state index is 12.4. The number of nitrogens with one attached hydrogen (secondary N) is 1. The van der Waals surface area contributed by atoms with Gasteiger partial charge in [-0.05, 0) is 49.0 Å². The van der Waals surface area contributed by atoms with Crippen molar-refractivity contribution in [1.29, 1.82) is 0 Å². The molecule has 4 nitrogen and oxygen atoms in total. The first-order valence-electron chi connectivity index (χ1n) is 9.04. The molecule has 0 spiro atoms. The van der Waals surface area contributed by atoms with Gasteiger partial charge in [-0.25, -0.2) is 4.68 Å². The Balaban J connectivity index is 1.60. The number of nitrogens with zero attached hydrogens (tertiary/aromatic N) is 2. The van der Waals surface area contributed by atoms with Gasteiger partial charge in [0.05, 0.1) is 11.4 Å². The third kappa shape index (κ3) is 4.56. The molecule has 1 N–H and O–H groups in total. The molecule has 26 heavy (non-hydrogen) atoms. The third-order valence-electron chi connectivity index (χ3n) is 5.25. The average Bonchev–Trinajstić information content (AvgIpc) is 2.98. The van der Waals surface area contributed by atoms with Gasteiger partial charge >= 0.3 is 0 Å². The minimum atomic E-state index is 0.0875. The topological polar surface area (TPSA) is 46.9 Å². The maximum atomic E-state index is 12.4. The van der Waals surface area contributed by atoms with Crippen LogP contribution in [-0.2, 0) is 4.79 Å². The van der Waals surface area contributed by atoms with E-state index in [1.807, 2.05) is 31.2 Å². The van der Waals surface area contributed by atoms with Crippen LogP contribution in [0.25, 0.3) is 5.69 Å². The summed E-state index contributed by atoms with van der Waals surface area (Å²) in [5, 5.41) is 7.82. The van der Waals surface area contributed by atoms with Crippen LogP contribution in [0.3, 0.4) is 0 Å². The fraction of sp³-hybridized carbons (Fsp3) is 0.526. The molecule has 1 heterocycles. The summed E-state index contributed by atoms with van der Waals surface area (Å²) in [7, 11) is 0. The summed E-state index contributed by atoms with van der Waals surface area (Å²) in [6.07, 6.45) is 3.55. The zero-order valence-electron chi connectivity index (χ0n) is 15.4. The normalized spacial score (nSPS) is 23.0. The Morgan fingerprint density at radius 3 is 2.92 bits per heavy atom. The number of hydrogen-bond donors (Lipinski definition) is 1. The smallest absolute Gasteiger partial charge is 0.230 e. The fourth-order valence-corrected chi connectivity index (χ4v) is 5.59. The molecule has 1 amide bonds. The van der Waals surface area contributed by atoms with Crippen LogP contribution >= 0.6 is 35.3 Å². The van der Waals surface area contributed by atoms with Crippen molar-refractivity contribution in [1.82, 2.24) is 15.1 Å². The molecule has 3 rings (SSSR count). The number of carbonyl (C=O) groups is 1. The molecule has 3 atom stereocenters. The standard InChI is InChI=1S/C19H25N3OS3/c1-12-8-6-9-15(14(12)3)20-17(23)11-25-18-21-22(19(24)26-18)16-10-5-4-7-13(16)2/h4-5,7,10,12,14-15H,6,8-9,11H2,1-3H3,(H,20,23)/t12-,14+,15-/m1/s1. The van der Waals surface area contributed by atoms with Gasteiger partial charge in [0.25, 0.3) is 0 Å². The predicted molar refractivity (Wildman–Crippen MR) is 112 cm³/mol. The Hall–Kier alpha value is -1.18. The van der Waals surface area contributed by atoms with Crippen LogP contribution < -0.4 is 5.32 Å². The van der Waals surface area contributed by atoms with Crippen LogP contribution in [0.4, 0.5) is 0 Å². The number of aryl methyl sites for hydroxylation is 1. The first kappa shape index (κ1) is 19.6. The lowest BCUT2D eigenvalue weighted by atomic mass is 9.78. The van der Waals surface area contributed by atoms with Crippen molar-refractivity contribution in [2.24, 2.45) is 11.8 Å². The van der Waals surface area contributed by atoms with Gasteiger partial charge in [-0.2, -0.15) is 0 Å². The monoisotopic (exact) mass is 407 g/mol. The van der Waals surface area contributed by atoms with Gasteiger partial charge in [0.1, 0.15) is 0 Å². The van der Waals surface area contributed by atoms with E-state index in [9.17, 15) is 4.79 Å². The van der Waals surface area contributed by atoms with Crippen molar-refractivity contribution < 1.29 is 4.79 Å². The van der Waals surface area contributed by atoms with Gasteiger partial charge in [-0.3, -0.25) is 4.79 Å². The molecular formula is C19H25N3OS3. The molecule has 2 aromatic rings. The van der Waals surface area contributed by atoms with Gasteiger partial charge < -0.3 is 5.32 Å². The minimum absolute atomic E-state index is 0.0875. The quantitative estimate of drug-likeness (QED) is 0.559. The Morgan fingerprint density at radius 2 is 2.15 bits per heavy atom. The van der Waals surface area contributed by atoms with Crippen molar-refractivity contribution in [2.75, 3.05) is 5.75 Å². The van der Waals surface area contributed by atoms with E-state index in [4.69, 9.17) is 12.2 Å². The van der Waals surface area contributed by atoms with Gasteiger partial charge in [-0.1, -0.05) is 68.0 Å². The molecule has 1 aromatic heterocycles. The second kappa shape index (κ2) is 8.67. The lowest BCUT2D eigenvalue weighted by Crippen LogP contribution is -2.44. The van der Waals surface area contributed by atoms with E-state index in [-0.39, 0.29) is 5.91 Å². The SMILES string of the molecule is Cc1ccccc1-n1nc(SCC(=O)N[C@@H]2CCC[C@@H](C)[C@@H]2C)sc1=S. The summed E-state index contributed by atoms with van der Waals surface area (Å²) < 4.78 is 3.33. The maximum Gasteiger partial charge on any atom is 0.230 e. The molecular weight excluding hydrogens is 382 g/mol. The van der Waals surface area contributed by atoms with E-state index >= 15 is 0 Å². The van der Waals surface area contributed by atoms with Crippen molar-refractivity contribution >= 4 is 41.2 Å². The zero-order chi connectivity index (χ0) is 18.7. The highest BCUT2D eigenvalue weighted by atomic mass is 32.2. The molecule has 140 valence electrons. The third-order valence-corrected chi connectivity index (χ3v) is 7.62. The molecule has 0 radical (unpaired) electrons. The molecule has 1 aliphatic rings. The second-order valence-corrected chi connectivity index (χ2v) is 9.91. The molecule has 1 saturated carbocycles. The van der Waals surface area contributed by atoms with Gasteiger partial charge in [0, 0.05) is 6.04 Å². The number of amides is 1. The highest BCUT2D eigenvalue weighted by Gasteiger charge is 2.28. The summed E-state index contributed by atoms with van der Waals surface area (Å²) in [5.41, 5.74) is 2.12. The predicted octanol–water partition coefficient (Wildman–Crippen LogP) is 5.00. The molecule has 0 saturated heterocycles. The minimum Gasteiger partial charge on any atom is -0.352 e. The Labute approximate surface area is 168 Å². The Kier molecular flexibility index (Phi) is 6.53. The van der Waals surface area contributed by atoms with E-state index in [0.717, 1.165) is 22.0 Å². The second-order valence-electron chi connectivity index (χ2n) is 7.06. The molecule has 1 aliphatic carbocycles. The van der Waals surface area contributed by atoms with Crippen molar-refractivity contribution in [3.63, 3.8) is 0 Å². The van der Waals surface area contributed by atoms with E-state index < -0.39 is 0 Å². The number of thioether (sulfide) groups is 1. The summed E-state index contributed by atoms with van der Waals surface area (Å²) >= 11 is 8.38. The lowest BCUT2D eigenvalue weighted by Gasteiger charge is -2.34. The highest BCUT2D eigenvalue weighted by molar-refractivity contribution is 8.01. The van der Waals surface area contributed by atoms with Crippen LogP contribution in [0.2, 0.25) is 0 Å². The van der Waals surface area contributed by atoms with Crippen LogP contribution in [0.1, 0.15) is 38.7 Å². The van der Waals surface area contributed by atoms with Crippen LogP contribution in [-0.4, -0.2) is 27.5 Å². The molecule has 1 aromatic carbocycles. The first-order valence-corrected chi connectivity index (χ1v) is 11.2. The molecule has 0 bridgehead atoms. The Morgan fingerprint density at radius 1 is 1.38 bits per heavy atom. The fourth-order valence-electron chi connectivity index (χ4n) is 3.43. The summed E-state index contributed by atoms with van der Waals surface area (Å²) in [5.74, 6) is 1.69. The van der Waals surface area contributed by atoms with E-state index in [2.05, 4.69) is 24.3 Å². The van der Waals surface area contributed by atoms with Crippen molar-refractivity contribution in [2.45, 2.75) is 50.4 Å². The number of rotatable bonds is 5. The number of hydrogen-bond acceptors (Lipinski definition) is 5. The Bertz CT molecular complexity index is 829. The largest absolute Gasteiger partial charge is 0.352 e. The van der Waals surface area contributed by atoms with E-state index in [1.54, 1.807) is 4.68 Å². The summed E-state index contributed by atoms with van der Waals surface area (Å²) in [6.45, 7) is 6.57. The van der Waals surface area contributed by atoms with Crippen LogP contribution in [0, 0.1) is 22.7 Å². The number of para-hydroxylation sites is 1. The van der Waals surface area contributed by atoms with Gasteiger partial charge in [-0.15, -0.1) is 5.10 Å². The van der Waals surface area contributed by atoms with Crippen molar-refractivity contribution in [3.05, 3.63) is 33.8 Å². The van der Waals surface area contributed by atoms with Gasteiger partial charge in [0.15, 0.2) is 8.29 Å². The molecule has 0 unspecified atom stereocenters. The first-order chi connectivity index (χ1) is 12.5.